The van der Waals surface area contributed by atoms with E-state index in [1.807, 2.05) is 6.92 Å². The van der Waals surface area contributed by atoms with Crippen molar-refractivity contribution < 1.29 is 9.90 Å². The highest BCUT2D eigenvalue weighted by Crippen LogP contribution is 2.24. The molecule has 0 fully saturated rings. The number of anilines is 1. The monoisotopic (exact) mass is 413 g/mol. The third-order valence-electron chi connectivity index (χ3n) is 4.92. The van der Waals surface area contributed by atoms with E-state index in [0.717, 1.165) is 80.7 Å². The van der Waals surface area contributed by atoms with Gasteiger partial charge in [-0.15, -0.1) is 4.91 Å². The van der Waals surface area contributed by atoms with Crippen LogP contribution in [-0.2, 0) is 17.6 Å². The van der Waals surface area contributed by atoms with E-state index in [1.165, 1.54) is 0 Å². The van der Waals surface area contributed by atoms with Gasteiger partial charge in [0.05, 0.1) is 0 Å². The standard InChI is InChI=1S/C17H25N3O3.C5H6N2/c21-16(22)8-6-4-2-1-3-5-7-14-11-9-13-10-12-15(20-23)19-17(13)18-14;1-5-6-3-2-4-7-5/h9,11,15H,1-8,10,12H2,(H,18,19)(H,21,22);2-4H,1H3. The lowest BCUT2D eigenvalue weighted by Crippen LogP contribution is -2.24. The molecule has 2 aromatic rings. The lowest BCUT2D eigenvalue weighted by Gasteiger charge is -2.21. The number of nitroso groups, excluding NO2 is 1. The average Bonchev–Trinajstić information content (AvgIpc) is 2.76. The van der Waals surface area contributed by atoms with Gasteiger partial charge in [-0.3, -0.25) is 4.79 Å². The molecule has 0 amide bonds. The molecule has 3 rings (SSSR count). The van der Waals surface area contributed by atoms with E-state index in [1.54, 1.807) is 18.5 Å². The summed E-state index contributed by atoms with van der Waals surface area (Å²) in [5, 5.41) is 14.7. The van der Waals surface area contributed by atoms with Gasteiger partial charge in [0.25, 0.3) is 0 Å². The molecule has 8 heteroatoms. The molecule has 1 aliphatic heterocycles. The van der Waals surface area contributed by atoms with E-state index in [0.29, 0.717) is 0 Å². The molecule has 1 unspecified atom stereocenters. The summed E-state index contributed by atoms with van der Waals surface area (Å²) in [4.78, 5) is 33.4. The quantitative estimate of drug-likeness (QED) is 0.429. The Labute approximate surface area is 177 Å². The van der Waals surface area contributed by atoms with Crippen LogP contribution in [0.5, 0.6) is 0 Å². The number of hydrogen-bond acceptors (Lipinski definition) is 7. The number of fused-ring (bicyclic) bond motifs is 1. The predicted molar refractivity (Wildman–Crippen MR) is 116 cm³/mol. The summed E-state index contributed by atoms with van der Waals surface area (Å²) in [6.07, 6.45) is 12.1. The number of pyridine rings is 1. The lowest BCUT2D eigenvalue weighted by atomic mass is 10.0. The molecule has 2 N–H and O–H groups in total. The van der Waals surface area contributed by atoms with Crippen molar-refractivity contribution >= 4 is 11.8 Å². The summed E-state index contributed by atoms with van der Waals surface area (Å²) < 4.78 is 0. The maximum absolute atomic E-state index is 10.6. The van der Waals surface area contributed by atoms with E-state index in [2.05, 4.69) is 37.6 Å². The number of nitrogens with one attached hydrogen (secondary N) is 1. The van der Waals surface area contributed by atoms with Gasteiger partial charge in [-0.2, -0.15) is 0 Å². The van der Waals surface area contributed by atoms with Crippen molar-refractivity contribution in [3.8, 4) is 0 Å². The summed E-state index contributed by atoms with van der Waals surface area (Å²) in [6.45, 7) is 1.86. The highest BCUT2D eigenvalue weighted by atomic mass is 16.4. The van der Waals surface area contributed by atoms with Gasteiger partial charge >= 0.3 is 5.97 Å². The molecule has 1 atom stereocenters. The van der Waals surface area contributed by atoms with Crippen LogP contribution in [-0.4, -0.2) is 32.2 Å². The summed E-state index contributed by atoms with van der Waals surface area (Å²) >= 11 is 0. The van der Waals surface area contributed by atoms with Crippen molar-refractivity contribution in [2.24, 2.45) is 5.18 Å². The van der Waals surface area contributed by atoms with Crippen LogP contribution in [0.4, 0.5) is 5.82 Å². The smallest absolute Gasteiger partial charge is 0.303 e. The second kappa shape index (κ2) is 13.3. The Bertz CT molecular complexity index is 786. The first kappa shape index (κ1) is 23.4. The Hall–Kier alpha value is -2.90. The van der Waals surface area contributed by atoms with Crippen LogP contribution in [0.1, 0.15) is 68.4 Å². The highest BCUT2D eigenvalue weighted by Gasteiger charge is 2.19. The van der Waals surface area contributed by atoms with Crippen LogP contribution in [0.2, 0.25) is 0 Å². The van der Waals surface area contributed by atoms with Crippen molar-refractivity contribution in [1.29, 1.82) is 0 Å². The van der Waals surface area contributed by atoms with Gasteiger partial charge in [0, 0.05) is 24.5 Å². The fourth-order valence-electron chi connectivity index (χ4n) is 3.26. The number of aliphatic carboxylic acids is 1. The molecule has 3 heterocycles. The van der Waals surface area contributed by atoms with Crippen molar-refractivity contribution in [3.63, 3.8) is 0 Å². The minimum Gasteiger partial charge on any atom is -0.481 e. The zero-order chi connectivity index (χ0) is 21.6. The van der Waals surface area contributed by atoms with Gasteiger partial charge in [0.2, 0.25) is 0 Å². The molecule has 2 aromatic heterocycles. The summed E-state index contributed by atoms with van der Waals surface area (Å²) in [5.74, 6) is 0.929. The molecular weight excluding hydrogens is 382 g/mol. The molecule has 0 spiro atoms. The second-order valence-electron chi connectivity index (χ2n) is 7.43. The van der Waals surface area contributed by atoms with E-state index in [4.69, 9.17) is 5.11 Å². The maximum Gasteiger partial charge on any atom is 0.303 e. The van der Waals surface area contributed by atoms with E-state index in [-0.39, 0.29) is 12.6 Å². The molecule has 0 saturated carbocycles. The van der Waals surface area contributed by atoms with Gasteiger partial charge in [-0.25, -0.2) is 15.0 Å². The number of carboxylic acids is 1. The zero-order valence-electron chi connectivity index (χ0n) is 17.6. The molecule has 0 radical (unpaired) electrons. The minimum absolute atomic E-state index is 0.280. The molecule has 1 aliphatic rings. The van der Waals surface area contributed by atoms with Crippen LogP contribution in [0, 0.1) is 11.8 Å². The van der Waals surface area contributed by atoms with Crippen LogP contribution in [0.25, 0.3) is 0 Å². The first-order chi connectivity index (χ1) is 14.6. The number of aromatic nitrogens is 3. The predicted octanol–water partition coefficient (Wildman–Crippen LogP) is 4.68. The normalized spacial score (nSPS) is 14.6. The van der Waals surface area contributed by atoms with Crippen LogP contribution >= 0.6 is 0 Å². The van der Waals surface area contributed by atoms with Crippen LogP contribution in [0.15, 0.2) is 35.8 Å². The van der Waals surface area contributed by atoms with E-state index >= 15 is 0 Å². The number of carbonyl (C=O) groups is 1. The highest BCUT2D eigenvalue weighted by molar-refractivity contribution is 5.66. The fraction of sp³-hybridized carbons (Fsp3) is 0.545. The van der Waals surface area contributed by atoms with E-state index < -0.39 is 5.97 Å². The third-order valence-corrected chi connectivity index (χ3v) is 4.92. The van der Waals surface area contributed by atoms with Crippen molar-refractivity contribution in [2.45, 2.75) is 77.3 Å². The Morgan fingerprint density at radius 2 is 1.83 bits per heavy atom. The van der Waals surface area contributed by atoms with Crippen molar-refractivity contribution in [1.82, 2.24) is 15.0 Å². The van der Waals surface area contributed by atoms with E-state index in [9.17, 15) is 9.70 Å². The van der Waals surface area contributed by atoms with Gasteiger partial charge < -0.3 is 10.4 Å². The zero-order valence-corrected chi connectivity index (χ0v) is 17.6. The second-order valence-corrected chi connectivity index (χ2v) is 7.43. The largest absolute Gasteiger partial charge is 0.481 e. The first-order valence-electron chi connectivity index (χ1n) is 10.6. The number of aryl methyl sites for hydroxylation is 3. The molecular formula is C22H31N5O3. The molecule has 0 saturated heterocycles. The van der Waals surface area contributed by atoms with Gasteiger partial charge in [-0.05, 0) is 61.9 Å². The molecule has 8 nitrogen and oxygen atoms in total. The number of rotatable bonds is 10. The lowest BCUT2D eigenvalue weighted by molar-refractivity contribution is -0.137. The fourth-order valence-corrected chi connectivity index (χ4v) is 3.26. The Morgan fingerprint density at radius 3 is 2.47 bits per heavy atom. The Kier molecular flexibility index (Phi) is 10.4. The minimum atomic E-state index is -0.705. The van der Waals surface area contributed by atoms with Crippen LogP contribution < -0.4 is 5.32 Å². The summed E-state index contributed by atoms with van der Waals surface area (Å²) in [6, 6.07) is 5.96. The molecule has 0 bridgehead atoms. The number of carboxylic acid groups (broad SMARTS) is 1. The Balaban J connectivity index is 0.000000386. The SMILES string of the molecule is Cc1ncccn1.O=NC1CCc2ccc(CCCCCCCCC(=O)O)nc2N1. The van der Waals surface area contributed by atoms with Crippen molar-refractivity contribution in [2.75, 3.05) is 5.32 Å². The van der Waals surface area contributed by atoms with Crippen LogP contribution in [0.3, 0.4) is 0 Å². The molecule has 0 aromatic carbocycles. The third kappa shape index (κ3) is 9.07. The summed E-state index contributed by atoms with van der Waals surface area (Å²) in [5.41, 5.74) is 2.21. The topological polar surface area (TPSA) is 117 Å². The van der Waals surface area contributed by atoms with Gasteiger partial charge in [0.15, 0.2) is 6.17 Å². The number of hydrogen-bond donors (Lipinski definition) is 2. The number of unbranched alkanes of at least 4 members (excludes halogenated alkanes) is 5. The maximum atomic E-state index is 10.6. The van der Waals surface area contributed by atoms with Crippen molar-refractivity contribution in [3.05, 3.63) is 52.6 Å². The van der Waals surface area contributed by atoms with Gasteiger partial charge in [-0.1, -0.05) is 31.7 Å². The number of nitrogens with zero attached hydrogens (tertiary/aromatic N) is 4. The van der Waals surface area contributed by atoms with Gasteiger partial charge in [0.1, 0.15) is 11.6 Å². The molecule has 30 heavy (non-hydrogen) atoms. The average molecular weight is 414 g/mol. The molecule has 0 aliphatic carbocycles. The first-order valence-corrected chi connectivity index (χ1v) is 10.6. The Morgan fingerprint density at radius 1 is 1.13 bits per heavy atom. The molecule has 162 valence electrons. The summed E-state index contributed by atoms with van der Waals surface area (Å²) in [7, 11) is 0.